The minimum absolute atomic E-state index is 0.565. The summed E-state index contributed by atoms with van der Waals surface area (Å²) in [6.45, 7) is 5.06. The number of rotatable bonds is 5. The quantitative estimate of drug-likeness (QED) is 0.820. The summed E-state index contributed by atoms with van der Waals surface area (Å²) >= 11 is 0. The molecule has 2 rings (SSSR count). The van der Waals surface area contributed by atoms with Gasteiger partial charge in [-0.2, -0.15) is 0 Å². The fourth-order valence-corrected chi connectivity index (χ4v) is 2.41. The molecule has 0 bridgehead atoms. The van der Waals surface area contributed by atoms with Crippen LogP contribution in [0.4, 0.5) is 0 Å². The molecule has 0 aromatic heterocycles. The summed E-state index contributed by atoms with van der Waals surface area (Å²) in [7, 11) is 0. The lowest BCUT2D eigenvalue weighted by molar-refractivity contribution is 0.176. The monoisotopic (exact) mass is 219 g/mol. The van der Waals surface area contributed by atoms with E-state index in [9.17, 15) is 0 Å². The van der Waals surface area contributed by atoms with Crippen LogP contribution in [0.15, 0.2) is 30.3 Å². The zero-order valence-electron chi connectivity index (χ0n) is 9.99. The lowest BCUT2D eigenvalue weighted by Crippen LogP contribution is -2.38. The molecule has 16 heavy (non-hydrogen) atoms. The van der Waals surface area contributed by atoms with Crippen molar-refractivity contribution in [3.63, 3.8) is 0 Å². The number of likely N-dealkylation sites (N-methyl/N-ethyl adjacent to an activating group) is 1. The average Bonchev–Trinajstić information content (AvgIpc) is 2.83. The second-order valence-corrected chi connectivity index (χ2v) is 4.48. The molecule has 0 saturated carbocycles. The highest BCUT2D eigenvalue weighted by Crippen LogP contribution is 2.19. The molecule has 88 valence electrons. The van der Waals surface area contributed by atoms with Gasteiger partial charge in [0.2, 0.25) is 0 Å². The Morgan fingerprint density at radius 3 is 2.81 bits per heavy atom. The Balaban J connectivity index is 1.96. The number of hydrogen-bond donors (Lipinski definition) is 1. The highest BCUT2D eigenvalue weighted by Gasteiger charge is 2.24. The maximum atomic E-state index is 5.48. The van der Waals surface area contributed by atoms with E-state index < -0.39 is 0 Å². The van der Waals surface area contributed by atoms with Crippen molar-refractivity contribution in [2.45, 2.75) is 25.8 Å². The van der Waals surface area contributed by atoms with Crippen molar-refractivity contribution in [1.82, 2.24) is 5.32 Å². The summed E-state index contributed by atoms with van der Waals surface area (Å²) in [5.41, 5.74) is 1.42. The van der Waals surface area contributed by atoms with Gasteiger partial charge < -0.3 is 10.1 Å². The Morgan fingerprint density at radius 2 is 2.19 bits per heavy atom. The Kier molecular flexibility index (Phi) is 4.37. The summed E-state index contributed by atoms with van der Waals surface area (Å²) in [5, 5.41) is 3.59. The number of nitrogens with one attached hydrogen (secondary N) is 1. The van der Waals surface area contributed by atoms with Crippen molar-refractivity contribution in [3.05, 3.63) is 35.9 Å². The highest BCUT2D eigenvalue weighted by molar-refractivity contribution is 5.16. The van der Waals surface area contributed by atoms with E-state index >= 15 is 0 Å². The predicted octanol–water partition coefficient (Wildman–Crippen LogP) is 2.24. The van der Waals surface area contributed by atoms with Gasteiger partial charge in [0.05, 0.1) is 6.61 Å². The normalized spacial score (nSPS) is 22.2. The zero-order chi connectivity index (χ0) is 11.2. The van der Waals surface area contributed by atoms with Gasteiger partial charge in [-0.1, -0.05) is 37.3 Å². The standard InChI is InChI=1S/C14H21NO/c1-2-15-14(13-8-9-16-11-13)10-12-6-4-3-5-7-12/h3-7,13-15H,2,8-11H2,1H3. The average molecular weight is 219 g/mol. The van der Waals surface area contributed by atoms with Gasteiger partial charge in [-0.3, -0.25) is 0 Å². The van der Waals surface area contributed by atoms with Crippen molar-refractivity contribution in [3.8, 4) is 0 Å². The molecule has 2 nitrogen and oxygen atoms in total. The molecule has 1 fully saturated rings. The smallest absolute Gasteiger partial charge is 0.0510 e. The molecule has 2 heteroatoms. The number of benzene rings is 1. The van der Waals surface area contributed by atoms with Gasteiger partial charge in [0.15, 0.2) is 0 Å². The second kappa shape index (κ2) is 6.02. The van der Waals surface area contributed by atoms with Gasteiger partial charge in [0.25, 0.3) is 0 Å². The van der Waals surface area contributed by atoms with Crippen LogP contribution in [-0.4, -0.2) is 25.8 Å². The molecule has 1 aromatic carbocycles. The molecule has 1 aliphatic heterocycles. The molecular weight excluding hydrogens is 198 g/mol. The molecule has 1 saturated heterocycles. The first-order chi connectivity index (χ1) is 7.90. The second-order valence-electron chi connectivity index (χ2n) is 4.48. The molecule has 0 amide bonds. The molecule has 1 aromatic rings. The topological polar surface area (TPSA) is 21.3 Å². The van der Waals surface area contributed by atoms with Gasteiger partial charge in [-0.05, 0) is 24.9 Å². The Morgan fingerprint density at radius 1 is 1.38 bits per heavy atom. The first-order valence-corrected chi connectivity index (χ1v) is 6.25. The first kappa shape index (κ1) is 11.6. The molecule has 0 spiro atoms. The van der Waals surface area contributed by atoms with E-state index in [2.05, 4.69) is 42.6 Å². The Bertz CT molecular complexity index is 293. The molecule has 1 N–H and O–H groups in total. The molecule has 2 atom stereocenters. The van der Waals surface area contributed by atoms with E-state index in [0.717, 1.165) is 26.2 Å². The number of ether oxygens (including phenoxy) is 1. The van der Waals surface area contributed by atoms with Crippen molar-refractivity contribution in [2.75, 3.05) is 19.8 Å². The third-order valence-electron chi connectivity index (χ3n) is 3.30. The van der Waals surface area contributed by atoms with Crippen LogP contribution in [0.5, 0.6) is 0 Å². The van der Waals surface area contributed by atoms with E-state index in [1.807, 2.05) is 0 Å². The van der Waals surface area contributed by atoms with Crippen LogP contribution in [0.25, 0.3) is 0 Å². The minimum Gasteiger partial charge on any atom is -0.381 e. The summed E-state index contributed by atoms with van der Waals surface area (Å²) < 4.78 is 5.48. The van der Waals surface area contributed by atoms with Crippen LogP contribution in [0, 0.1) is 5.92 Å². The van der Waals surface area contributed by atoms with Gasteiger partial charge in [-0.15, -0.1) is 0 Å². The molecule has 1 heterocycles. The van der Waals surface area contributed by atoms with Crippen molar-refractivity contribution in [2.24, 2.45) is 5.92 Å². The largest absolute Gasteiger partial charge is 0.381 e. The molecule has 0 aliphatic carbocycles. The van der Waals surface area contributed by atoms with E-state index in [1.165, 1.54) is 12.0 Å². The van der Waals surface area contributed by atoms with Crippen LogP contribution in [0.3, 0.4) is 0 Å². The zero-order valence-corrected chi connectivity index (χ0v) is 9.99. The molecular formula is C14H21NO. The van der Waals surface area contributed by atoms with Crippen LogP contribution in [0.2, 0.25) is 0 Å². The van der Waals surface area contributed by atoms with Crippen molar-refractivity contribution < 1.29 is 4.74 Å². The van der Waals surface area contributed by atoms with Crippen molar-refractivity contribution in [1.29, 1.82) is 0 Å². The fraction of sp³-hybridized carbons (Fsp3) is 0.571. The lowest BCUT2D eigenvalue weighted by Gasteiger charge is -2.23. The van der Waals surface area contributed by atoms with Crippen LogP contribution < -0.4 is 5.32 Å². The predicted molar refractivity (Wildman–Crippen MR) is 66.5 cm³/mol. The van der Waals surface area contributed by atoms with E-state index in [-0.39, 0.29) is 0 Å². The molecule has 2 unspecified atom stereocenters. The van der Waals surface area contributed by atoms with E-state index in [4.69, 9.17) is 4.74 Å². The highest BCUT2D eigenvalue weighted by atomic mass is 16.5. The number of hydrogen-bond acceptors (Lipinski definition) is 2. The maximum absolute atomic E-state index is 5.48. The third-order valence-corrected chi connectivity index (χ3v) is 3.30. The Labute approximate surface area is 98.0 Å². The van der Waals surface area contributed by atoms with Gasteiger partial charge in [-0.25, -0.2) is 0 Å². The summed E-state index contributed by atoms with van der Waals surface area (Å²) in [6.07, 6.45) is 2.31. The maximum Gasteiger partial charge on any atom is 0.0510 e. The molecule has 1 aliphatic rings. The van der Waals surface area contributed by atoms with Gasteiger partial charge in [0.1, 0.15) is 0 Å². The third kappa shape index (κ3) is 3.06. The van der Waals surface area contributed by atoms with Crippen LogP contribution in [-0.2, 0) is 11.2 Å². The summed E-state index contributed by atoms with van der Waals surface area (Å²) in [6, 6.07) is 11.3. The van der Waals surface area contributed by atoms with E-state index in [0.29, 0.717) is 12.0 Å². The van der Waals surface area contributed by atoms with E-state index in [1.54, 1.807) is 0 Å². The lowest BCUT2D eigenvalue weighted by atomic mass is 9.93. The van der Waals surface area contributed by atoms with Crippen LogP contribution in [0.1, 0.15) is 18.9 Å². The summed E-state index contributed by atoms with van der Waals surface area (Å²) in [4.78, 5) is 0. The Hall–Kier alpha value is -0.860. The fourth-order valence-electron chi connectivity index (χ4n) is 2.41. The first-order valence-electron chi connectivity index (χ1n) is 6.25. The van der Waals surface area contributed by atoms with Crippen molar-refractivity contribution >= 4 is 0 Å². The van der Waals surface area contributed by atoms with Crippen LogP contribution >= 0.6 is 0 Å². The molecule has 0 radical (unpaired) electrons. The minimum atomic E-state index is 0.565. The van der Waals surface area contributed by atoms with Gasteiger partial charge >= 0.3 is 0 Å². The van der Waals surface area contributed by atoms with Gasteiger partial charge in [0, 0.05) is 18.6 Å². The SMILES string of the molecule is CCNC(Cc1ccccc1)C1CCOC1. The summed E-state index contributed by atoms with van der Waals surface area (Å²) in [5.74, 6) is 0.681.